The number of nitriles is 1. The Hall–Kier alpha value is -4.01. The standard InChI is InChI=1S/C24H30N8O3/c1-30-8-10-31(11-9-30)12-13-35-21-15-18(14-20(33-2)22(21)34-3)27-24-28-23(26)32(29-24)19-6-4-17(16-25)5-7-19/h4-7,14-15H,8-13H2,1-3H3,(H3,26,27,28,29). The third kappa shape index (κ3) is 5.74. The summed E-state index contributed by atoms with van der Waals surface area (Å²) in [4.78, 5) is 9.02. The lowest BCUT2D eigenvalue weighted by atomic mass is 10.2. The molecule has 35 heavy (non-hydrogen) atoms. The molecule has 11 heteroatoms. The first-order valence-corrected chi connectivity index (χ1v) is 11.3. The summed E-state index contributed by atoms with van der Waals surface area (Å²) in [6.45, 7) is 5.51. The lowest BCUT2D eigenvalue weighted by Crippen LogP contribution is -2.45. The Morgan fingerprint density at radius 2 is 1.77 bits per heavy atom. The normalized spacial score (nSPS) is 14.3. The lowest BCUT2D eigenvalue weighted by molar-refractivity contribution is 0.132. The molecule has 0 amide bonds. The first-order valence-electron chi connectivity index (χ1n) is 11.3. The van der Waals surface area contributed by atoms with Crippen LogP contribution >= 0.6 is 0 Å². The van der Waals surface area contributed by atoms with Crippen molar-refractivity contribution >= 4 is 17.6 Å². The van der Waals surface area contributed by atoms with Crippen LogP contribution in [-0.2, 0) is 0 Å². The van der Waals surface area contributed by atoms with Gasteiger partial charge in [-0.3, -0.25) is 4.90 Å². The van der Waals surface area contributed by atoms with E-state index in [1.165, 1.54) is 4.68 Å². The summed E-state index contributed by atoms with van der Waals surface area (Å²) >= 11 is 0. The molecule has 0 bridgehead atoms. The van der Waals surface area contributed by atoms with Gasteiger partial charge in [-0.05, 0) is 31.3 Å². The highest BCUT2D eigenvalue weighted by Gasteiger charge is 2.18. The fourth-order valence-corrected chi connectivity index (χ4v) is 3.84. The Kier molecular flexibility index (Phi) is 7.54. The van der Waals surface area contributed by atoms with E-state index in [4.69, 9.17) is 25.2 Å². The molecule has 2 aromatic carbocycles. The number of likely N-dealkylation sites (N-methyl/N-ethyl adjacent to an activating group) is 1. The molecule has 1 aliphatic rings. The van der Waals surface area contributed by atoms with Crippen LogP contribution in [-0.4, -0.2) is 85.2 Å². The third-order valence-corrected chi connectivity index (χ3v) is 5.84. The zero-order chi connectivity index (χ0) is 24.8. The molecular weight excluding hydrogens is 448 g/mol. The van der Waals surface area contributed by atoms with Crippen LogP contribution in [0.2, 0.25) is 0 Å². The fourth-order valence-electron chi connectivity index (χ4n) is 3.84. The van der Waals surface area contributed by atoms with Gasteiger partial charge >= 0.3 is 0 Å². The average Bonchev–Trinajstić information content (AvgIpc) is 3.24. The van der Waals surface area contributed by atoms with Gasteiger partial charge in [0, 0.05) is 50.5 Å². The molecule has 11 nitrogen and oxygen atoms in total. The molecule has 0 aliphatic carbocycles. The van der Waals surface area contributed by atoms with Crippen LogP contribution in [0.5, 0.6) is 17.2 Å². The topological polar surface area (TPSA) is 127 Å². The SMILES string of the molecule is COc1cc(Nc2nc(N)n(-c3ccc(C#N)cc3)n2)cc(OCCN2CCN(C)CC2)c1OC. The lowest BCUT2D eigenvalue weighted by Gasteiger charge is -2.32. The van der Waals surface area contributed by atoms with E-state index in [0.29, 0.717) is 46.7 Å². The van der Waals surface area contributed by atoms with E-state index in [0.717, 1.165) is 32.7 Å². The molecule has 3 N–H and O–H groups in total. The van der Waals surface area contributed by atoms with E-state index in [1.54, 1.807) is 44.6 Å². The number of benzene rings is 2. The summed E-state index contributed by atoms with van der Waals surface area (Å²) in [6, 6.07) is 12.6. The van der Waals surface area contributed by atoms with E-state index >= 15 is 0 Å². The number of nitrogens with zero attached hydrogens (tertiary/aromatic N) is 6. The maximum absolute atomic E-state index is 9.00. The molecule has 0 spiro atoms. The fraction of sp³-hybridized carbons (Fsp3) is 0.375. The quantitative estimate of drug-likeness (QED) is 0.472. The number of methoxy groups -OCH3 is 2. The molecule has 3 aromatic rings. The summed E-state index contributed by atoms with van der Waals surface area (Å²) in [5.41, 5.74) is 7.99. The highest BCUT2D eigenvalue weighted by molar-refractivity contribution is 5.66. The van der Waals surface area contributed by atoms with Gasteiger partial charge in [-0.1, -0.05) is 0 Å². The molecule has 1 fully saturated rings. The Morgan fingerprint density at radius 1 is 1.06 bits per heavy atom. The molecule has 2 heterocycles. The van der Waals surface area contributed by atoms with Crippen LogP contribution in [0.3, 0.4) is 0 Å². The summed E-state index contributed by atoms with van der Waals surface area (Å²) < 4.78 is 18.7. The maximum Gasteiger partial charge on any atom is 0.248 e. The predicted molar refractivity (Wildman–Crippen MR) is 133 cm³/mol. The maximum atomic E-state index is 9.00. The van der Waals surface area contributed by atoms with Gasteiger partial charge in [-0.25, -0.2) is 0 Å². The largest absolute Gasteiger partial charge is 0.493 e. The minimum Gasteiger partial charge on any atom is -0.493 e. The Balaban J connectivity index is 1.50. The van der Waals surface area contributed by atoms with Gasteiger partial charge in [-0.2, -0.15) is 14.9 Å². The first-order chi connectivity index (χ1) is 17.0. The molecule has 0 saturated carbocycles. The molecule has 1 saturated heterocycles. The average molecular weight is 479 g/mol. The van der Waals surface area contributed by atoms with Gasteiger partial charge in [0.1, 0.15) is 6.61 Å². The Morgan fingerprint density at radius 3 is 2.43 bits per heavy atom. The highest BCUT2D eigenvalue weighted by atomic mass is 16.5. The minimum atomic E-state index is 0.210. The van der Waals surface area contributed by atoms with Crippen LogP contribution < -0.4 is 25.3 Å². The number of hydrogen-bond acceptors (Lipinski definition) is 10. The number of hydrogen-bond donors (Lipinski definition) is 2. The van der Waals surface area contributed by atoms with Crippen LogP contribution in [0.4, 0.5) is 17.6 Å². The van der Waals surface area contributed by atoms with Crippen molar-refractivity contribution in [2.24, 2.45) is 0 Å². The number of aromatic nitrogens is 3. The second kappa shape index (κ2) is 10.9. The van der Waals surface area contributed by atoms with Gasteiger partial charge in [0.25, 0.3) is 0 Å². The van der Waals surface area contributed by atoms with Crippen molar-refractivity contribution in [1.29, 1.82) is 5.26 Å². The Labute approximate surface area is 204 Å². The van der Waals surface area contributed by atoms with E-state index in [2.05, 4.69) is 38.3 Å². The van der Waals surface area contributed by atoms with Crippen LogP contribution in [0.25, 0.3) is 5.69 Å². The third-order valence-electron chi connectivity index (χ3n) is 5.84. The molecular formula is C24H30N8O3. The van der Waals surface area contributed by atoms with Gasteiger partial charge in [0.15, 0.2) is 11.5 Å². The number of piperazine rings is 1. The number of nitrogen functional groups attached to an aromatic ring is 1. The smallest absolute Gasteiger partial charge is 0.248 e. The zero-order valence-electron chi connectivity index (χ0n) is 20.2. The molecule has 1 aliphatic heterocycles. The van der Waals surface area contributed by atoms with Gasteiger partial charge in [0.2, 0.25) is 17.6 Å². The number of ether oxygens (including phenoxy) is 3. The number of rotatable bonds is 9. The van der Waals surface area contributed by atoms with E-state index in [1.807, 2.05) is 6.07 Å². The molecule has 184 valence electrons. The van der Waals surface area contributed by atoms with Crippen LogP contribution in [0.15, 0.2) is 36.4 Å². The van der Waals surface area contributed by atoms with Gasteiger partial charge < -0.3 is 30.2 Å². The highest BCUT2D eigenvalue weighted by Crippen LogP contribution is 2.40. The molecule has 4 rings (SSSR count). The summed E-state index contributed by atoms with van der Waals surface area (Å²) in [5.74, 6) is 2.12. The van der Waals surface area contributed by atoms with E-state index in [9.17, 15) is 0 Å². The van der Waals surface area contributed by atoms with Crippen molar-refractivity contribution in [3.05, 3.63) is 42.0 Å². The van der Waals surface area contributed by atoms with Gasteiger partial charge in [-0.15, -0.1) is 5.10 Å². The van der Waals surface area contributed by atoms with Crippen molar-refractivity contribution in [3.8, 4) is 29.0 Å². The number of nitrogens with one attached hydrogen (secondary N) is 1. The second-order valence-corrected chi connectivity index (χ2v) is 8.19. The Bertz CT molecular complexity index is 1180. The summed E-state index contributed by atoms with van der Waals surface area (Å²) in [5, 5.41) is 16.6. The second-order valence-electron chi connectivity index (χ2n) is 8.19. The van der Waals surface area contributed by atoms with E-state index < -0.39 is 0 Å². The van der Waals surface area contributed by atoms with Crippen molar-refractivity contribution in [3.63, 3.8) is 0 Å². The minimum absolute atomic E-state index is 0.210. The summed E-state index contributed by atoms with van der Waals surface area (Å²) in [7, 11) is 5.30. The van der Waals surface area contributed by atoms with Crippen LogP contribution in [0.1, 0.15) is 5.56 Å². The first kappa shape index (κ1) is 24.1. The number of nitrogens with two attached hydrogens (primary N) is 1. The van der Waals surface area contributed by atoms with Crippen LogP contribution in [0, 0.1) is 11.3 Å². The van der Waals surface area contributed by atoms with Crippen molar-refractivity contribution in [2.75, 3.05) is 71.6 Å². The monoisotopic (exact) mass is 478 g/mol. The molecule has 1 aromatic heterocycles. The zero-order valence-corrected chi connectivity index (χ0v) is 20.2. The predicted octanol–water partition coefficient (Wildman–Crippen LogP) is 2.11. The molecule has 0 radical (unpaired) electrons. The molecule has 0 atom stereocenters. The van der Waals surface area contributed by atoms with Crippen molar-refractivity contribution in [2.45, 2.75) is 0 Å². The van der Waals surface area contributed by atoms with E-state index in [-0.39, 0.29) is 5.95 Å². The number of anilines is 3. The van der Waals surface area contributed by atoms with Crippen molar-refractivity contribution < 1.29 is 14.2 Å². The molecule has 0 unspecified atom stereocenters. The van der Waals surface area contributed by atoms with Gasteiger partial charge in [0.05, 0.1) is 31.5 Å². The summed E-state index contributed by atoms with van der Waals surface area (Å²) in [6.07, 6.45) is 0. The van der Waals surface area contributed by atoms with Crippen molar-refractivity contribution in [1.82, 2.24) is 24.6 Å².